The number of para-hydroxylation sites is 1. The molecule has 154 valence electrons. The van der Waals surface area contributed by atoms with Crippen molar-refractivity contribution >= 4 is 29.1 Å². The van der Waals surface area contributed by atoms with Crippen molar-refractivity contribution in [1.82, 2.24) is 5.32 Å². The van der Waals surface area contributed by atoms with Crippen LogP contribution in [0.2, 0.25) is 0 Å². The summed E-state index contributed by atoms with van der Waals surface area (Å²) in [6, 6.07) is 18.7. The van der Waals surface area contributed by atoms with Gasteiger partial charge in [-0.3, -0.25) is 9.69 Å². The first-order valence-corrected chi connectivity index (χ1v) is 12.0. The van der Waals surface area contributed by atoms with E-state index in [4.69, 9.17) is 0 Å². The quantitative estimate of drug-likeness (QED) is 0.645. The van der Waals surface area contributed by atoms with Crippen molar-refractivity contribution in [2.24, 2.45) is 5.41 Å². The van der Waals surface area contributed by atoms with Gasteiger partial charge in [-0.05, 0) is 37.0 Å². The van der Waals surface area contributed by atoms with E-state index in [1.54, 1.807) is 11.8 Å². The number of benzene rings is 2. The number of carbonyl (C=O) groups is 1. The van der Waals surface area contributed by atoms with Crippen molar-refractivity contribution in [1.29, 1.82) is 0 Å². The highest BCUT2D eigenvalue weighted by molar-refractivity contribution is 8.00. The van der Waals surface area contributed by atoms with Crippen molar-refractivity contribution in [2.75, 3.05) is 10.7 Å². The van der Waals surface area contributed by atoms with E-state index in [1.165, 1.54) is 30.4 Å². The molecule has 0 saturated heterocycles. The zero-order valence-corrected chi connectivity index (χ0v) is 18.1. The average Bonchev–Trinajstić information content (AvgIpc) is 2.78. The van der Waals surface area contributed by atoms with Gasteiger partial charge in [-0.2, -0.15) is 0 Å². The Hall–Kier alpha value is -2.46. The van der Waals surface area contributed by atoms with Crippen LogP contribution in [-0.4, -0.2) is 17.2 Å². The highest BCUT2D eigenvalue weighted by atomic mass is 32.2. The highest BCUT2D eigenvalue weighted by Crippen LogP contribution is 2.53. The normalized spacial score (nSPS) is 22.3. The first-order chi connectivity index (χ1) is 14.7. The Morgan fingerprint density at radius 3 is 2.57 bits per heavy atom. The Labute approximate surface area is 183 Å². The lowest BCUT2D eigenvalue weighted by molar-refractivity contribution is -0.117. The Morgan fingerprint density at radius 2 is 1.80 bits per heavy atom. The standard InChI is InChI=1S/C26H28N2OS/c1-2-17-30-25-27-23-21-14-8-7-11-19(21)18-26(15-9-4-10-16-26)22(23)24(29)28(25)20-12-5-3-6-13-20/h2-3,5-8,11-14,25,27H,1,4,9-10,15-18H2. The number of rotatable bonds is 4. The van der Waals surface area contributed by atoms with E-state index in [-0.39, 0.29) is 16.8 Å². The summed E-state index contributed by atoms with van der Waals surface area (Å²) in [5, 5.41) is 3.80. The van der Waals surface area contributed by atoms with Crippen LogP contribution in [-0.2, 0) is 11.2 Å². The molecule has 1 saturated carbocycles. The van der Waals surface area contributed by atoms with Crippen molar-refractivity contribution in [3.8, 4) is 0 Å². The SMILES string of the molecule is C=CCSC1NC2=C(C(=O)N1c1ccccc1)C1(CCCCC1)Cc1ccccc12. The average molecular weight is 417 g/mol. The van der Waals surface area contributed by atoms with Gasteiger partial charge in [0.05, 0.1) is 5.70 Å². The Balaban J connectivity index is 1.68. The van der Waals surface area contributed by atoms with Gasteiger partial charge in [0.1, 0.15) is 0 Å². The maximum absolute atomic E-state index is 14.2. The zero-order chi connectivity index (χ0) is 20.6. The maximum atomic E-state index is 14.2. The van der Waals surface area contributed by atoms with Crippen LogP contribution >= 0.6 is 11.8 Å². The minimum atomic E-state index is -0.150. The van der Waals surface area contributed by atoms with E-state index in [2.05, 4.69) is 36.2 Å². The summed E-state index contributed by atoms with van der Waals surface area (Å²) in [6.45, 7) is 3.88. The van der Waals surface area contributed by atoms with E-state index in [0.29, 0.717) is 0 Å². The lowest BCUT2D eigenvalue weighted by Crippen LogP contribution is -2.56. The number of amides is 1. The molecular weight excluding hydrogens is 388 g/mol. The molecule has 1 spiro atoms. The molecular formula is C26H28N2OS. The minimum absolute atomic E-state index is 0.0485. The van der Waals surface area contributed by atoms with Crippen LogP contribution in [0.4, 0.5) is 5.69 Å². The number of anilines is 1. The van der Waals surface area contributed by atoms with E-state index < -0.39 is 0 Å². The summed E-state index contributed by atoms with van der Waals surface area (Å²) in [5.41, 5.74) is 5.41. The molecule has 30 heavy (non-hydrogen) atoms. The first-order valence-electron chi connectivity index (χ1n) is 10.9. The molecule has 1 heterocycles. The van der Waals surface area contributed by atoms with Crippen molar-refractivity contribution in [3.63, 3.8) is 0 Å². The smallest absolute Gasteiger partial charge is 0.259 e. The van der Waals surface area contributed by atoms with Crippen LogP contribution in [0.15, 0.2) is 72.8 Å². The topological polar surface area (TPSA) is 32.3 Å². The zero-order valence-electron chi connectivity index (χ0n) is 17.3. The van der Waals surface area contributed by atoms with Crippen LogP contribution in [0.1, 0.15) is 43.2 Å². The molecule has 2 aromatic carbocycles. The molecule has 2 aliphatic carbocycles. The second kappa shape index (κ2) is 7.99. The van der Waals surface area contributed by atoms with Gasteiger partial charge in [-0.1, -0.05) is 67.8 Å². The second-order valence-corrected chi connectivity index (χ2v) is 9.67. The number of thioether (sulfide) groups is 1. The maximum Gasteiger partial charge on any atom is 0.259 e. The van der Waals surface area contributed by atoms with Gasteiger partial charge in [0.2, 0.25) is 0 Å². The minimum Gasteiger partial charge on any atom is -0.355 e. The molecule has 3 aliphatic rings. The number of nitrogens with zero attached hydrogens (tertiary/aromatic N) is 1. The number of nitrogens with one attached hydrogen (secondary N) is 1. The summed E-state index contributed by atoms with van der Waals surface area (Å²) >= 11 is 1.71. The van der Waals surface area contributed by atoms with Crippen LogP contribution in [0, 0.1) is 5.41 Å². The lowest BCUT2D eigenvalue weighted by Gasteiger charge is -2.49. The van der Waals surface area contributed by atoms with Crippen molar-refractivity contribution < 1.29 is 4.79 Å². The van der Waals surface area contributed by atoms with Crippen LogP contribution < -0.4 is 10.2 Å². The molecule has 0 radical (unpaired) electrons. The molecule has 5 rings (SSSR count). The summed E-state index contributed by atoms with van der Waals surface area (Å²) in [4.78, 5) is 16.2. The molecule has 4 heteroatoms. The molecule has 1 unspecified atom stereocenters. The lowest BCUT2D eigenvalue weighted by atomic mass is 9.61. The molecule has 3 nitrogen and oxygen atoms in total. The van der Waals surface area contributed by atoms with Crippen LogP contribution in [0.3, 0.4) is 0 Å². The summed E-state index contributed by atoms with van der Waals surface area (Å²) < 4.78 is 0. The van der Waals surface area contributed by atoms with Gasteiger partial charge in [0.15, 0.2) is 5.50 Å². The summed E-state index contributed by atoms with van der Waals surface area (Å²) in [7, 11) is 0. The molecule has 1 aliphatic heterocycles. The number of hydrogen-bond donors (Lipinski definition) is 1. The molecule has 0 aromatic heterocycles. The van der Waals surface area contributed by atoms with Gasteiger partial charge in [-0.15, -0.1) is 18.3 Å². The fourth-order valence-electron chi connectivity index (χ4n) is 5.44. The van der Waals surface area contributed by atoms with E-state index in [9.17, 15) is 4.79 Å². The molecule has 1 fully saturated rings. The van der Waals surface area contributed by atoms with Gasteiger partial charge >= 0.3 is 0 Å². The fraction of sp³-hybridized carbons (Fsp3) is 0.346. The fourth-order valence-corrected chi connectivity index (χ4v) is 6.33. The summed E-state index contributed by atoms with van der Waals surface area (Å²) in [5.74, 6) is 0.955. The van der Waals surface area contributed by atoms with Gasteiger partial charge < -0.3 is 5.32 Å². The third-order valence-electron chi connectivity index (χ3n) is 6.75. The van der Waals surface area contributed by atoms with Crippen molar-refractivity contribution in [3.05, 3.63) is 84.0 Å². The second-order valence-electron chi connectivity index (χ2n) is 8.55. The Bertz CT molecular complexity index is 991. The number of fused-ring (bicyclic) bond motifs is 3. The highest BCUT2D eigenvalue weighted by Gasteiger charge is 2.49. The monoisotopic (exact) mass is 416 g/mol. The van der Waals surface area contributed by atoms with Crippen molar-refractivity contribution in [2.45, 2.75) is 44.0 Å². The number of carbonyl (C=O) groups excluding carboxylic acids is 1. The van der Waals surface area contributed by atoms with Gasteiger partial charge in [0.25, 0.3) is 5.91 Å². The van der Waals surface area contributed by atoms with Crippen LogP contribution in [0.5, 0.6) is 0 Å². The molecule has 1 amide bonds. The predicted molar refractivity (Wildman–Crippen MR) is 126 cm³/mol. The third kappa shape index (κ3) is 3.18. The van der Waals surface area contributed by atoms with E-state index in [1.807, 2.05) is 41.3 Å². The molecule has 0 bridgehead atoms. The largest absolute Gasteiger partial charge is 0.355 e. The molecule has 2 aromatic rings. The Kier molecular flexibility index (Phi) is 5.20. The first kappa shape index (κ1) is 19.5. The van der Waals surface area contributed by atoms with E-state index in [0.717, 1.165) is 42.0 Å². The number of hydrogen-bond acceptors (Lipinski definition) is 3. The predicted octanol–water partition coefficient (Wildman–Crippen LogP) is 5.74. The van der Waals surface area contributed by atoms with Gasteiger partial charge in [0, 0.05) is 28.0 Å². The van der Waals surface area contributed by atoms with Crippen LogP contribution in [0.25, 0.3) is 5.70 Å². The third-order valence-corrected chi connectivity index (χ3v) is 7.82. The summed E-state index contributed by atoms with van der Waals surface area (Å²) in [6.07, 6.45) is 8.75. The molecule has 1 N–H and O–H groups in total. The molecule has 1 atom stereocenters. The van der Waals surface area contributed by atoms with Gasteiger partial charge in [-0.25, -0.2) is 0 Å². The Morgan fingerprint density at radius 1 is 1.07 bits per heavy atom. The van der Waals surface area contributed by atoms with E-state index >= 15 is 0 Å².